The number of aliphatic hydroxyl groups excluding tert-OH is 1. The second-order valence-corrected chi connectivity index (χ2v) is 3.53. The van der Waals surface area contributed by atoms with E-state index in [0.717, 1.165) is 12.1 Å². The van der Waals surface area contributed by atoms with Crippen molar-refractivity contribution in [3.8, 4) is 0 Å². The van der Waals surface area contributed by atoms with Crippen molar-refractivity contribution in [2.75, 3.05) is 0 Å². The van der Waals surface area contributed by atoms with Gasteiger partial charge in [-0.3, -0.25) is 14.4 Å². The standard InChI is InChI=1S/C11H7FO4/c12-6-3-1-5(2-4-6)7-8(13)10(15)11(16)9(7)14/h1-4,7-8,13H. The molecule has 82 valence electrons. The summed E-state index contributed by atoms with van der Waals surface area (Å²) in [5.74, 6) is -4.92. The quantitative estimate of drug-likeness (QED) is 0.678. The molecule has 0 aliphatic heterocycles. The van der Waals surface area contributed by atoms with Gasteiger partial charge in [0.15, 0.2) is 0 Å². The minimum absolute atomic E-state index is 0.262. The summed E-state index contributed by atoms with van der Waals surface area (Å²) in [5, 5.41) is 9.44. The van der Waals surface area contributed by atoms with Gasteiger partial charge in [-0.25, -0.2) is 4.39 Å². The number of carbonyl (C=O) groups excluding carboxylic acids is 3. The van der Waals surface area contributed by atoms with Crippen LogP contribution in [0.2, 0.25) is 0 Å². The van der Waals surface area contributed by atoms with Gasteiger partial charge in [-0.15, -0.1) is 0 Å². The third kappa shape index (κ3) is 1.45. The molecule has 1 N–H and O–H groups in total. The molecule has 0 heterocycles. The topological polar surface area (TPSA) is 71.4 Å². The summed E-state index contributed by atoms with van der Waals surface area (Å²) in [7, 11) is 0. The average molecular weight is 222 g/mol. The zero-order valence-corrected chi connectivity index (χ0v) is 8.01. The van der Waals surface area contributed by atoms with Gasteiger partial charge in [-0.2, -0.15) is 0 Å². The Labute approximate surface area is 89.7 Å². The summed E-state index contributed by atoms with van der Waals surface area (Å²) in [6.07, 6.45) is -1.65. The number of hydrogen-bond acceptors (Lipinski definition) is 4. The Morgan fingerprint density at radius 2 is 1.56 bits per heavy atom. The van der Waals surface area contributed by atoms with Crippen LogP contribution in [-0.2, 0) is 14.4 Å². The molecule has 1 saturated carbocycles. The predicted octanol–water partition coefficient (Wildman–Crippen LogP) is -0.00890. The lowest BCUT2D eigenvalue weighted by Gasteiger charge is -2.10. The largest absolute Gasteiger partial charge is 0.384 e. The molecular weight excluding hydrogens is 215 g/mol. The molecule has 2 unspecified atom stereocenters. The molecule has 2 atom stereocenters. The number of ketones is 3. The summed E-state index contributed by atoms with van der Waals surface area (Å²) < 4.78 is 12.6. The van der Waals surface area contributed by atoms with E-state index in [2.05, 4.69) is 0 Å². The first-order valence-corrected chi connectivity index (χ1v) is 4.58. The molecule has 1 aromatic carbocycles. The van der Waals surface area contributed by atoms with Crippen LogP contribution in [0.25, 0.3) is 0 Å². The van der Waals surface area contributed by atoms with Gasteiger partial charge in [0.2, 0.25) is 11.6 Å². The van der Waals surface area contributed by atoms with Gasteiger partial charge >= 0.3 is 0 Å². The van der Waals surface area contributed by atoms with E-state index in [9.17, 15) is 23.9 Å². The van der Waals surface area contributed by atoms with Crippen LogP contribution in [0, 0.1) is 5.82 Å². The van der Waals surface area contributed by atoms with E-state index >= 15 is 0 Å². The predicted molar refractivity (Wildman–Crippen MR) is 50.2 cm³/mol. The van der Waals surface area contributed by atoms with Gasteiger partial charge in [0.1, 0.15) is 11.9 Å². The van der Waals surface area contributed by atoms with E-state index in [-0.39, 0.29) is 5.56 Å². The Kier molecular flexibility index (Phi) is 2.40. The third-order valence-corrected chi connectivity index (χ3v) is 2.54. The first-order valence-electron chi connectivity index (χ1n) is 4.58. The zero-order valence-electron chi connectivity index (χ0n) is 8.01. The monoisotopic (exact) mass is 222 g/mol. The minimum Gasteiger partial charge on any atom is -0.384 e. The van der Waals surface area contributed by atoms with Crippen molar-refractivity contribution < 1.29 is 23.9 Å². The van der Waals surface area contributed by atoms with E-state index in [1.807, 2.05) is 0 Å². The highest BCUT2D eigenvalue weighted by Crippen LogP contribution is 2.27. The van der Waals surface area contributed by atoms with Crippen LogP contribution in [-0.4, -0.2) is 28.6 Å². The van der Waals surface area contributed by atoms with Crippen LogP contribution >= 0.6 is 0 Å². The lowest BCUT2D eigenvalue weighted by Crippen LogP contribution is -2.21. The summed E-state index contributed by atoms with van der Waals surface area (Å²) in [6.45, 7) is 0. The molecule has 1 aromatic rings. The molecule has 4 nitrogen and oxygen atoms in total. The first kappa shape index (κ1) is 10.6. The molecule has 16 heavy (non-hydrogen) atoms. The summed E-state index contributed by atoms with van der Waals surface area (Å²) in [5.41, 5.74) is 0.262. The number of benzene rings is 1. The van der Waals surface area contributed by atoms with Crippen LogP contribution in [0.5, 0.6) is 0 Å². The fraction of sp³-hybridized carbons (Fsp3) is 0.182. The van der Waals surface area contributed by atoms with E-state index in [1.54, 1.807) is 0 Å². The van der Waals surface area contributed by atoms with Crippen molar-refractivity contribution in [1.82, 2.24) is 0 Å². The van der Waals surface area contributed by atoms with Crippen molar-refractivity contribution in [1.29, 1.82) is 0 Å². The molecular formula is C11H7FO4. The molecule has 0 saturated heterocycles. The Morgan fingerprint density at radius 3 is 2.00 bits per heavy atom. The Bertz CT molecular complexity index is 477. The van der Waals surface area contributed by atoms with Gasteiger partial charge in [0.05, 0.1) is 5.92 Å². The first-order chi connectivity index (χ1) is 7.52. The van der Waals surface area contributed by atoms with Gasteiger partial charge in [-0.1, -0.05) is 12.1 Å². The van der Waals surface area contributed by atoms with Crippen molar-refractivity contribution in [3.05, 3.63) is 35.6 Å². The van der Waals surface area contributed by atoms with Crippen LogP contribution in [0.4, 0.5) is 4.39 Å². The summed E-state index contributed by atoms with van der Waals surface area (Å²) in [4.78, 5) is 33.5. The van der Waals surface area contributed by atoms with Gasteiger partial charge < -0.3 is 5.11 Å². The van der Waals surface area contributed by atoms with Gasteiger partial charge in [0, 0.05) is 0 Å². The maximum absolute atomic E-state index is 12.6. The number of rotatable bonds is 1. The van der Waals surface area contributed by atoms with Crippen molar-refractivity contribution in [2.24, 2.45) is 0 Å². The average Bonchev–Trinajstić information content (AvgIpc) is 2.46. The van der Waals surface area contributed by atoms with E-state index in [1.165, 1.54) is 12.1 Å². The lowest BCUT2D eigenvalue weighted by molar-refractivity contribution is -0.141. The fourth-order valence-electron chi connectivity index (χ4n) is 1.70. The van der Waals surface area contributed by atoms with Crippen molar-refractivity contribution in [3.63, 3.8) is 0 Å². The normalized spacial score (nSPS) is 25.2. The second-order valence-electron chi connectivity index (χ2n) is 3.53. The number of halogens is 1. The highest BCUT2D eigenvalue weighted by molar-refractivity contribution is 6.69. The molecule has 1 aliphatic rings. The number of carbonyl (C=O) groups is 3. The van der Waals surface area contributed by atoms with E-state index in [0.29, 0.717) is 0 Å². The zero-order chi connectivity index (χ0) is 11.9. The molecule has 0 aromatic heterocycles. The smallest absolute Gasteiger partial charge is 0.267 e. The molecule has 0 bridgehead atoms. The molecule has 1 aliphatic carbocycles. The van der Waals surface area contributed by atoms with Crippen LogP contribution in [0.15, 0.2) is 24.3 Å². The fourth-order valence-corrected chi connectivity index (χ4v) is 1.70. The highest BCUT2D eigenvalue weighted by Gasteiger charge is 2.48. The third-order valence-electron chi connectivity index (χ3n) is 2.54. The van der Waals surface area contributed by atoms with Gasteiger partial charge in [0.25, 0.3) is 5.78 Å². The number of aliphatic hydroxyl groups is 1. The van der Waals surface area contributed by atoms with Crippen molar-refractivity contribution >= 4 is 17.3 Å². The minimum atomic E-state index is -1.65. The second kappa shape index (κ2) is 3.61. The molecule has 0 spiro atoms. The lowest BCUT2D eigenvalue weighted by atomic mass is 9.95. The molecule has 1 fully saturated rings. The molecule has 5 heteroatoms. The number of hydrogen-bond donors (Lipinski definition) is 1. The van der Waals surface area contributed by atoms with Crippen LogP contribution in [0.3, 0.4) is 0 Å². The molecule has 0 amide bonds. The maximum Gasteiger partial charge on any atom is 0.267 e. The van der Waals surface area contributed by atoms with Gasteiger partial charge in [-0.05, 0) is 17.7 Å². The van der Waals surface area contributed by atoms with E-state index < -0.39 is 35.2 Å². The maximum atomic E-state index is 12.6. The van der Waals surface area contributed by atoms with E-state index in [4.69, 9.17) is 0 Å². The molecule has 0 radical (unpaired) electrons. The Hall–Kier alpha value is -1.88. The summed E-state index contributed by atoms with van der Waals surface area (Å²) >= 11 is 0. The van der Waals surface area contributed by atoms with Crippen molar-refractivity contribution in [2.45, 2.75) is 12.0 Å². The Morgan fingerprint density at radius 1 is 1.00 bits per heavy atom. The summed E-state index contributed by atoms with van der Waals surface area (Å²) in [6, 6.07) is 4.74. The highest BCUT2D eigenvalue weighted by atomic mass is 19.1. The Balaban J connectivity index is 2.42. The van der Waals surface area contributed by atoms with Crippen LogP contribution in [0.1, 0.15) is 11.5 Å². The SMILES string of the molecule is O=C1C(=O)C(O)C(c2ccc(F)cc2)C1=O. The molecule has 2 rings (SSSR count). The van der Waals surface area contributed by atoms with Crippen LogP contribution < -0.4 is 0 Å². The number of Topliss-reactive ketones (excluding diaryl/α,β-unsaturated/α-hetero) is 3.